The average molecular weight is 222 g/mol. The molecule has 0 unspecified atom stereocenters. The molecular formula is C11H18N4O. The lowest BCUT2D eigenvalue weighted by Gasteiger charge is -2.33. The molecule has 0 spiro atoms. The number of nitrogens with zero attached hydrogens (tertiary/aromatic N) is 3. The van der Waals surface area contributed by atoms with Crippen LogP contribution in [0.25, 0.3) is 0 Å². The van der Waals surface area contributed by atoms with Crippen molar-refractivity contribution in [3.05, 3.63) is 11.6 Å². The van der Waals surface area contributed by atoms with Crippen LogP contribution in [-0.2, 0) is 0 Å². The van der Waals surface area contributed by atoms with Crippen LogP contribution in [0.5, 0.6) is 0 Å². The lowest BCUT2D eigenvalue weighted by Crippen LogP contribution is -2.41. The second-order valence-corrected chi connectivity index (χ2v) is 4.70. The molecule has 1 saturated carbocycles. The first-order chi connectivity index (χ1) is 7.59. The van der Waals surface area contributed by atoms with Gasteiger partial charge >= 0.3 is 0 Å². The summed E-state index contributed by atoms with van der Waals surface area (Å²) >= 11 is 0. The highest BCUT2D eigenvalue weighted by Gasteiger charge is 2.28. The van der Waals surface area contributed by atoms with Crippen LogP contribution in [0.4, 0.5) is 0 Å². The van der Waals surface area contributed by atoms with E-state index in [2.05, 4.69) is 15.2 Å². The van der Waals surface area contributed by atoms with E-state index in [1.807, 2.05) is 20.9 Å². The fourth-order valence-electron chi connectivity index (χ4n) is 1.73. The monoisotopic (exact) mass is 222 g/mol. The fraction of sp³-hybridized carbons (Fsp3) is 0.727. The van der Waals surface area contributed by atoms with Gasteiger partial charge in [0.05, 0.1) is 0 Å². The van der Waals surface area contributed by atoms with E-state index in [-0.39, 0.29) is 17.6 Å². The van der Waals surface area contributed by atoms with Crippen LogP contribution in [0.3, 0.4) is 0 Å². The minimum absolute atomic E-state index is 0.0761. The molecule has 1 N–H and O–H groups in total. The van der Waals surface area contributed by atoms with E-state index >= 15 is 0 Å². The summed E-state index contributed by atoms with van der Waals surface area (Å²) in [6.07, 6.45) is 3.42. The van der Waals surface area contributed by atoms with Gasteiger partial charge < -0.3 is 4.90 Å². The minimum atomic E-state index is -0.0761. The summed E-state index contributed by atoms with van der Waals surface area (Å²) in [5, 5.41) is 6.78. The van der Waals surface area contributed by atoms with Gasteiger partial charge in [-0.2, -0.15) is 0 Å². The van der Waals surface area contributed by atoms with Crippen molar-refractivity contribution in [3.8, 4) is 0 Å². The quantitative estimate of drug-likeness (QED) is 0.844. The van der Waals surface area contributed by atoms with Gasteiger partial charge in [0, 0.05) is 19.0 Å². The van der Waals surface area contributed by atoms with Crippen LogP contribution in [0.2, 0.25) is 0 Å². The summed E-state index contributed by atoms with van der Waals surface area (Å²) in [4.78, 5) is 18.0. The first kappa shape index (κ1) is 11.1. The van der Waals surface area contributed by atoms with Crippen LogP contribution in [0, 0.1) is 0 Å². The van der Waals surface area contributed by atoms with Crippen molar-refractivity contribution in [3.63, 3.8) is 0 Å². The van der Waals surface area contributed by atoms with Crippen molar-refractivity contribution in [2.75, 3.05) is 7.05 Å². The molecule has 5 nitrogen and oxygen atoms in total. The summed E-state index contributed by atoms with van der Waals surface area (Å²) in [5.41, 5.74) is 0. The number of aromatic nitrogens is 3. The summed E-state index contributed by atoms with van der Waals surface area (Å²) in [7, 11) is 1.83. The molecule has 1 amide bonds. The summed E-state index contributed by atoms with van der Waals surface area (Å²) in [5.74, 6) is 1.25. The van der Waals surface area contributed by atoms with Crippen molar-refractivity contribution in [2.45, 2.75) is 45.1 Å². The number of hydrogen-bond acceptors (Lipinski definition) is 3. The molecule has 0 atom stereocenters. The van der Waals surface area contributed by atoms with E-state index in [4.69, 9.17) is 0 Å². The van der Waals surface area contributed by atoms with Gasteiger partial charge in [0.25, 0.3) is 5.91 Å². The van der Waals surface area contributed by atoms with Crippen LogP contribution in [0.15, 0.2) is 0 Å². The van der Waals surface area contributed by atoms with E-state index in [9.17, 15) is 4.79 Å². The number of rotatable bonds is 3. The van der Waals surface area contributed by atoms with Gasteiger partial charge in [-0.25, -0.2) is 4.98 Å². The van der Waals surface area contributed by atoms with Crippen molar-refractivity contribution in [2.24, 2.45) is 0 Å². The highest BCUT2D eigenvalue weighted by molar-refractivity contribution is 5.90. The van der Waals surface area contributed by atoms with Gasteiger partial charge in [0.1, 0.15) is 5.82 Å². The van der Waals surface area contributed by atoms with Crippen molar-refractivity contribution >= 4 is 5.91 Å². The third-order valence-electron chi connectivity index (χ3n) is 3.18. The van der Waals surface area contributed by atoms with Gasteiger partial charge in [-0.15, -0.1) is 5.10 Å². The molecule has 1 aromatic rings. The number of hydrogen-bond donors (Lipinski definition) is 1. The standard InChI is InChI=1S/C11H18N4O/c1-7(2)9-12-10(14-13-9)11(16)15(3)8-5-4-6-8/h7-8H,4-6H2,1-3H3,(H,12,13,14). The SMILES string of the molecule is CC(C)c1nc(C(=O)N(C)C2CCC2)n[nH]1. The zero-order chi connectivity index (χ0) is 11.7. The molecule has 0 bridgehead atoms. The summed E-state index contributed by atoms with van der Waals surface area (Å²) in [6, 6.07) is 0.383. The number of H-pyrrole nitrogens is 1. The Kier molecular flexibility index (Phi) is 2.94. The van der Waals surface area contributed by atoms with Gasteiger partial charge in [-0.3, -0.25) is 9.89 Å². The molecule has 1 fully saturated rings. The molecule has 0 aromatic carbocycles. The zero-order valence-electron chi connectivity index (χ0n) is 10.0. The van der Waals surface area contributed by atoms with Crippen LogP contribution >= 0.6 is 0 Å². The normalized spacial score (nSPS) is 16.2. The first-order valence-electron chi connectivity index (χ1n) is 5.79. The molecule has 1 aromatic heterocycles. The Balaban J connectivity index is 2.07. The third kappa shape index (κ3) is 1.94. The molecule has 0 saturated heterocycles. The number of nitrogens with one attached hydrogen (secondary N) is 1. The summed E-state index contributed by atoms with van der Waals surface area (Å²) in [6.45, 7) is 4.04. The molecular weight excluding hydrogens is 204 g/mol. The smallest absolute Gasteiger partial charge is 0.293 e. The Morgan fingerprint density at radius 1 is 1.50 bits per heavy atom. The maximum absolute atomic E-state index is 12.0. The maximum Gasteiger partial charge on any atom is 0.293 e. The summed E-state index contributed by atoms with van der Waals surface area (Å²) < 4.78 is 0. The Morgan fingerprint density at radius 3 is 2.62 bits per heavy atom. The predicted molar refractivity (Wildman–Crippen MR) is 60.2 cm³/mol. The van der Waals surface area contributed by atoms with Crippen molar-refractivity contribution < 1.29 is 4.79 Å². The molecule has 2 rings (SSSR count). The Labute approximate surface area is 95.2 Å². The molecule has 1 aliphatic carbocycles. The van der Waals surface area contributed by atoms with Gasteiger partial charge in [0.15, 0.2) is 0 Å². The topological polar surface area (TPSA) is 61.9 Å². The molecule has 5 heteroatoms. The van der Waals surface area contributed by atoms with Crippen molar-refractivity contribution in [1.82, 2.24) is 20.1 Å². The lowest BCUT2D eigenvalue weighted by atomic mass is 9.92. The second-order valence-electron chi connectivity index (χ2n) is 4.70. The Hall–Kier alpha value is -1.39. The predicted octanol–water partition coefficient (Wildman–Crippen LogP) is 1.55. The number of carbonyl (C=O) groups is 1. The van der Waals surface area contributed by atoms with Gasteiger partial charge in [-0.05, 0) is 19.3 Å². The van der Waals surface area contributed by atoms with Gasteiger partial charge in [0.2, 0.25) is 5.82 Å². The molecule has 88 valence electrons. The molecule has 1 aliphatic rings. The van der Waals surface area contributed by atoms with Crippen LogP contribution in [0.1, 0.15) is 55.5 Å². The third-order valence-corrected chi connectivity index (χ3v) is 3.18. The molecule has 1 heterocycles. The highest BCUT2D eigenvalue weighted by atomic mass is 16.2. The number of amides is 1. The average Bonchev–Trinajstić information content (AvgIpc) is 2.62. The number of aromatic amines is 1. The van der Waals surface area contributed by atoms with Crippen LogP contribution in [-0.4, -0.2) is 39.1 Å². The lowest BCUT2D eigenvalue weighted by molar-refractivity contribution is 0.0640. The van der Waals surface area contributed by atoms with E-state index in [1.54, 1.807) is 4.90 Å². The first-order valence-corrected chi connectivity index (χ1v) is 5.79. The van der Waals surface area contributed by atoms with E-state index < -0.39 is 0 Å². The van der Waals surface area contributed by atoms with E-state index in [0.29, 0.717) is 6.04 Å². The maximum atomic E-state index is 12.0. The Morgan fingerprint density at radius 2 is 2.19 bits per heavy atom. The fourth-order valence-corrected chi connectivity index (χ4v) is 1.73. The Bertz CT molecular complexity index is 381. The highest BCUT2D eigenvalue weighted by Crippen LogP contribution is 2.24. The van der Waals surface area contributed by atoms with Gasteiger partial charge in [-0.1, -0.05) is 13.8 Å². The molecule has 16 heavy (non-hydrogen) atoms. The number of carbonyl (C=O) groups excluding carboxylic acids is 1. The minimum Gasteiger partial charge on any atom is -0.336 e. The molecule has 0 aliphatic heterocycles. The van der Waals surface area contributed by atoms with Crippen molar-refractivity contribution in [1.29, 1.82) is 0 Å². The van der Waals surface area contributed by atoms with E-state index in [0.717, 1.165) is 18.7 Å². The molecule has 0 radical (unpaired) electrons. The second kappa shape index (κ2) is 4.23. The largest absolute Gasteiger partial charge is 0.336 e. The van der Waals surface area contributed by atoms with E-state index in [1.165, 1.54) is 6.42 Å². The van der Waals surface area contributed by atoms with Crippen LogP contribution < -0.4 is 0 Å². The zero-order valence-corrected chi connectivity index (χ0v) is 10.0.